The van der Waals surface area contributed by atoms with Crippen LogP contribution in [0.1, 0.15) is 44.2 Å². The first-order valence-corrected chi connectivity index (χ1v) is 8.40. The van der Waals surface area contributed by atoms with Gasteiger partial charge >= 0.3 is 0 Å². The van der Waals surface area contributed by atoms with Gasteiger partial charge in [-0.3, -0.25) is 9.69 Å². The zero-order chi connectivity index (χ0) is 15.4. The molecule has 1 aromatic rings. The Labute approximate surface area is 135 Å². The molecule has 0 aliphatic carbocycles. The highest BCUT2D eigenvalue weighted by molar-refractivity contribution is 9.10. The molecule has 2 rings (SSSR count). The Hall–Kier alpha value is -0.910. The molecule has 1 saturated heterocycles. The fourth-order valence-electron chi connectivity index (χ4n) is 3.16. The summed E-state index contributed by atoms with van der Waals surface area (Å²) in [5.74, 6) is -0.236. The molecule has 4 nitrogen and oxygen atoms in total. The van der Waals surface area contributed by atoms with Crippen LogP contribution < -0.4 is 11.5 Å². The van der Waals surface area contributed by atoms with E-state index in [4.69, 9.17) is 11.5 Å². The van der Waals surface area contributed by atoms with Crippen LogP contribution in [0.4, 0.5) is 0 Å². The summed E-state index contributed by atoms with van der Waals surface area (Å²) in [5.41, 5.74) is 13.1. The van der Waals surface area contributed by atoms with Crippen LogP contribution in [0.2, 0.25) is 0 Å². The highest BCUT2D eigenvalue weighted by Gasteiger charge is 2.35. The fourth-order valence-corrected chi connectivity index (χ4v) is 3.42. The van der Waals surface area contributed by atoms with Gasteiger partial charge in [0.25, 0.3) is 0 Å². The van der Waals surface area contributed by atoms with Crippen molar-refractivity contribution < 1.29 is 4.79 Å². The average molecular weight is 354 g/mol. The number of carbonyl (C=O) groups is 1. The number of nitrogens with two attached hydrogens (primary N) is 2. The van der Waals surface area contributed by atoms with Crippen molar-refractivity contribution in [1.29, 1.82) is 0 Å². The number of hydrogen-bond acceptors (Lipinski definition) is 3. The first kappa shape index (κ1) is 16.5. The number of rotatable bonds is 5. The van der Waals surface area contributed by atoms with Gasteiger partial charge in [0.2, 0.25) is 5.91 Å². The molecule has 0 spiro atoms. The number of benzene rings is 1. The van der Waals surface area contributed by atoms with Gasteiger partial charge < -0.3 is 11.5 Å². The van der Waals surface area contributed by atoms with Crippen LogP contribution in [-0.4, -0.2) is 29.4 Å². The minimum absolute atomic E-state index is 0.00822. The molecular weight excluding hydrogens is 330 g/mol. The van der Waals surface area contributed by atoms with E-state index < -0.39 is 0 Å². The predicted molar refractivity (Wildman–Crippen MR) is 88.7 cm³/mol. The summed E-state index contributed by atoms with van der Waals surface area (Å²) in [6, 6.07) is 8.03. The molecule has 0 radical (unpaired) electrons. The number of halogens is 1. The number of piperidine rings is 1. The van der Waals surface area contributed by atoms with Crippen molar-refractivity contribution in [3.05, 3.63) is 34.3 Å². The number of hydrogen-bond donors (Lipinski definition) is 2. The zero-order valence-corrected chi connectivity index (χ0v) is 14.1. The average Bonchev–Trinajstić information content (AvgIpc) is 2.49. The molecular formula is C16H24BrN3O. The quantitative estimate of drug-likeness (QED) is 0.854. The summed E-state index contributed by atoms with van der Waals surface area (Å²) in [6.07, 6.45) is 3.84. The van der Waals surface area contributed by atoms with Crippen molar-refractivity contribution in [2.24, 2.45) is 11.5 Å². The predicted octanol–water partition coefficient (Wildman–Crippen LogP) is 2.57. The van der Waals surface area contributed by atoms with E-state index in [0.717, 1.165) is 42.3 Å². The molecule has 5 heteroatoms. The lowest BCUT2D eigenvalue weighted by Crippen LogP contribution is -2.53. The molecule has 1 fully saturated rings. The van der Waals surface area contributed by atoms with Crippen molar-refractivity contribution in [3.8, 4) is 0 Å². The number of carbonyl (C=O) groups excluding carboxylic acids is 1. The van der Waals surface area contributed by atoms with E-state index in [1.807, 2.05) is 12.1 Å². The molecule has 21 heavy (non-hydrogen) atoms. The normalized spacial score (nSPS) is 22.7. The van der Waals surface area contributed by atoms with Crippen LogP contribution in [0.3, 0.4) is 0 Å². The number of likely N-dealkylation sites (tertiary alicyclic amines) is 1. The van der Waals surface area contributed by atoms with E-state index in [2.05, 4.69) is 39.9 Å². The van der Waals surface area contributed by atoms with Crippen molar-refractivity contribution in [2.45, 2.75) is 50.7 Å². The summed E-state index contributed by atoms with van der Waals surface area (Å²) in [6.45, 7) is 2.96. The molecule has 1 amide bonds. The summed E-state index contributed by atoms with van der Waals surface area (Å²) in [5, 5.41) is 0. The smallest absolute Gasteiger partial charge is 0.234 e. The first-order chi connectivity index (χ1) is 10.0. The number of primary amides is 1. The first-order valence-electron chi connectivity index (χ1n) is 7.60. The van der Waals surface area contributed by atoms with Gasteiger partial charge in [0, 0.05) is 10.5 Å². The lowest BCUT2D eigenvalue weighted by molar-refractivity contribution is -0.125. The second-order valence-corrected chi connectivity index (χ2v) is 6.64. The van der Waals surface area contributed by atoms with Crippen molar-refractivity contribution in [1.82, 2.24) is 4.90 Å². The van der Waals surface area contributed by atoms with Gasteiger partial charge in [-0.25, -0.2) is 0 Å². The van der Waals surface area contributed by atoms with Crippen molar-refractivity contribution >= 4 is 21.8 Å². The van der Waals surface area contributed by atoms with Gasteiger partial charge in [0.15, 0.2) is 0 Å². The minimum atomic E-state index is -0.236. The van der Waals surface area contributed by atoms with E-state index >= 15 is 0 Å². The Morgan fingerprint density at radius 2 is 2.05 bits per heavy atom. The van der Waals surface area contributed by atoms with Crippen LogP contribution in [0.15, 0.2) is 28.7 Å². The van der Waals surface area contributed by atoms with E-state index in [1.165, 1.54) is 0 Å². The Kier molecular flexibility index (Phi) is 5.79. The van der Waals surface area contributed by atoms with Gasteiger partial charge in [-0.05, 0) is 43.5 Å². The molecule has 0 saturated carbocycles. The summed E-state index contributed by atoms with van der Waals surface area (Å²) in [4.78, 5) is 14.0. The molecule has 3 atom stereocenters. The highest BCUT2D eigenvalue weighted by atomic mass is 79.9. The van der Waals surface area contributed by atoms with Crippen LogP contribution in [0.5, 0.6) is 0 Å². The molecule has 1 aliphatic rings. The lowest BCUT2D eigenvalue weighted by Gasteiger charge is -2.42. The summed E-state index contributed by atoms with van der Waals surface area (Å²) in [7, 11) is 0. The van der Waals surface area contributed by atoms with E-state index in [1.54, 1.807) is 0 Å². The molecule has 0 bridgehead atoms. The Morgan fingerprint density at radius 1 is 1.38 bits per heavy atom. The third kappa shape index (κ3) is 3.84. The van der Waals surface area contributed by atoms with Gasteiger partial charge in [0.1, 0.15) is 0 Å². The van der Waals surface area contributed by atoms with Crippen LogP contribution >= 0.6 is 15.9 Å². The molecule has 3 unspecified atom stereocenters. The Bertz CT molecular complexity index is 477. The second-order valence-electron chi connectivity index (χ2n) is 5.72. The molecule has 0 aromatic heterocycles. The second kappa shape index (κ2) is 7.38. The summed E-state index contributed by atoms with van der Waals surface area (Å²) < 4.78 is 1.04. The summed E-state index contributed by atoms with van der Waals surface area (Å²) >= 11 is 3.46. The van der Waals surface area contributed by atoms with Crippen LogP contribution in [0.25, 0.3) is 0 Å². The third-order valence-electron chi connectivity index (χ3n) is 4.32. The standard InChI is InChI=1S/C16H24BrN3O/c1-2-13(18)15(11-6-8-12(17)9-7-11)20-10-4-3-5-14(20)16(19)21/h6-9,13-15H,2-5,10,18H2,1H3,(H2,19,21). The molecule has 116 valence electrons. The van der Waals surface area contributed by atoms with Gasteiger partial charge in [-0.1, -0.05) is 41.4 Å². The van der Waals surface area contributed by atoms with Crippen molar-refractivity contribution in [2.75, 3.05) is 6.54 Å². The molecule has 1 aromatic carbocycles. The largest absolute Gasteiger partial charge is 0.368 e. The molecule has 4 N–H and O–H groups in total. The maximum Gasteiger partial charge on any atom is 0.234 e. The number of amides is 1. The maximum atomic E-state index is 11.8. The zero-order valence-electron chi connectivity index (χ0n) is 12.5. The fraction of sp³-hybridized carbons (Fsp3) is 0.562. The maximum absolute atomic E-state index is 11.8. The lowest BCUT2D eigenvalue weighted by atomic mass is 9.91. The van der Waals surface area contributed by atoms with Gasteiger partial charge in [0.05, 0.1) is 12.1 Å². The van der Waals surface area contributed by atoms with Gasteiger partial charge in [-0.2, -0.15) is 0 Å². The minimum Gasteiger partial charge on any atom is -0.368 e. The SMILES string of the molecule is CCC(N)C(c1ccc(Br)cc1)N1CCCCC1C(N)=O. The van der Waals surface area contributed by atoms with E-state index in [9.17, 15) is 4.79 Å². The monoisotopic (exact) mass is 353 g/mol. The van der Waals surface area contributed by atoms with Crippen LogP contribution in [-0.2, 0) is 4.79 Å². The topological polar surface area (TPSA) is 72.3 Å². The van der Waals surface area contributed by atoms with Crippen LogP contribution in [0, 0.1) is 0 Å². The van der Waals surface area contributed by atoms with Gasteiger partial charge in [-0.15, -0.1) is 0 Å². The Balaban J connectivity index is 2.34. The third-order valence-corrected chi connectivity index (χ3v) is 4.85. The highest BCUT2D eigenvalue weighted by Crippen LogP contribution is 2.32. The number of nitrogens with zero attached hydrogens (tertiary/aromatic N) is 1. The van der Waals surface area contributed by atoms with E-state index in [-0.39, 0.29) is 24.0 Å². The van der Waals surface area contributed by atoms with Crippen molar-refractivity contribution in [3.63, 3.8) is 0 Å². The van der Waals surface area contributed by atoms with E-state index in [0.29, 0.717) is 0 Å². The molecule has 1 heterocycles. The molecule has 1 aliphatic heterocycles. The Morgan fingerprint density at radius 3 is 2.62 bits per heavy atom.